The van der Waals surface area contributed by atoms with Crippen molar-refractivity contribution in [3.63, 3.8) is 0 Å². The normalized spacial score (nSPS) is 12.7. The smallest absolute Gasteiger partial charge is 0.289 e. The molecule has 0 amide bonds. The second-order valence-electron chi connectivity index (χ2n) is 5.57. The number of hydrogen-bond donors (Lipinski definition) is 1. The number of para-hydroxylation sites is 2. The summed E-state index contributed by atoms with van der Waals surface area (Å²) in [6.07, 6.45) is 0. The fourth-order valence-electron chi connectivity index (χ4n) is 2.65. The van der Waals surface area contributed by atoms with E-state index in [0.717, 1.165) is 22.7 Å². The van der Waals surface area contributed by atoms with Gasteiger partial charge in [-0.05, 0) is 42.5 Å². The first kappa shape index (κ1) is 16.5. The van der Waals surface area contributed by atoms with Crippen LogP contribution in [0.3, 0.4) is 0 Å². The molecule has 1 aliphatic rings. The first-order valence-corrected chi connectivity index (χ1v) is 8.50. The largest absolute Gasteiger partial charge is 0.495 e. The van der Waals surface area contributed by atoms with Gasteiger partial charge in [-0.3, -0.25) is 0 Å². The SMILES string of the molecule is COc1ccccc1NCn1nc(-c2ccc3c(c2)OCCO3)oc1=S. The van der Waals surface area contributed by atoms with Gasteiger partial charge in [0, 0.05) is 5.56 Å². The fourth-order valence-corrected chi connectivity index (χ4v) is 2.83. The molecule has 7 nitrogen and oxygen atoms in total. The van der Waals surface area contributed by atoms with E-state index in [0.29, 0.717) is 31.5 Å². The molecule has 3 aromatic rings. The number of aromatic nitrogens is 2. The molecule has 1 aliphatic heterocycles. The number of fused-ring (bicyclic) bond motifs is 1. The third-order valence-corrected chi connectivity index (χ3v) is 4.22. The van der Waals surface area contributed by atoms with Crippen molar-refractivity contribution < 1.29 is 18.6 Å². The molecule has 4 rings (SSSR count). The Hall–Kier alpha value is -3.00. The number of hydrogen-bond acceptors (Lipinski definition) is 7. The molecule has 1 aromatic heterocycles. The van der Waals surface area contributed by atoms with Crippen LogP contribution in [0.25, 0.3) is 11.5 Å². The van der Waals surface area contributed by atoms with E-state index < -0.39 is 0 Å². The summed E-state index contributed by atoms with van der Waals surface area (Å²) in [5.74, 6) is 2.57. The summed E-state index contributed by atoms with van der Waals surface area (Å²) in [4.78, 5) is 0.275. The highest BCUT2D eigenvalue weighted by atomic mass is 32.1. The van der Waals surface area contributed by atoms with Crippen LogP contribution in [0.1, 0.15) is 0 Å². The molecule has 0 saturated carbocycles. The molecule has 2 aromatic carbocycles. The van der Waals surface area contributed by atoms with Gasteiger partial charge in [-0.25, -0.2) is 4.68 Å². The van der Waals surface area contributed by atoms with Gasteiger partial charge in [0.2, 0.25) is 5.89 Å². The quantitative estimate of drug-likeness (QED) is 0.685. The van der Waals surface area contributed by atoms with Crippen LogP contribution in [0.5, 0.6) is 17.2 Å². The number of rotatable bonds is 5. The lowest BCUT2D eigenvalue weighted by molar-refractivity contribution is 0.171. The molecule has 0 unspecified atom stereocenters. The van der Waals surface area contributed by atoms with Crippen molar-refractivity contribution in [2.75, 3.05) is 25.6 Å². The van der Waals surface area contributed by atoms with Crippen LogP contribution in [0.15, 0.2) is 46.9 Å². The van der Waals surface area contributed by atoms with E-state index >= 15 is 0 Å². The topological polar surface area (TPSA) is 70.7 Å². The molecule has 0 aliphatic carbocycles. The number of methoxy groups -OCH3 is 1. The molecule has 2 heterocycles. The third kappa shape index (κ3) is 3.23. The molecule has 8 heteroatoms. The number of nitrogens with zero attached hydrogens (tertiary/aromatic N) is 2. The molecular formula is C18H17N3O4S. The van der Waals surface area contributed by atoms with E-state index in [-0.39, 0.29) is 4.84 Å². The Labute approximate surface area is 155 Å². The molecule has 0 spiro atoms. The average molecular weight is 371 g/mol. The maximum absolute atomic E-state index is 5.64. The fraction of sp³-hybridized carbons (Fsp3) is 0.222. The van der Waals surface area contributed by atoms with Gasteiger partial charge in [0.05, 0.1) is 12.8 Å². The van der Waals surface area contributed by atoms with Crippen molar-refractivity contribution >= 4 is 17.9 Å². The highest BCUT2D eigenvalue weighted by Crippen LogP contribution is 2.34. The first-order chi connectivity index (χ1) is 12.7. The van der Waals surface area contributed by atoms with E-state index in [1.807, 2.05) is 42.5 Å². The maximum atomic E-state index is 5.64. The van der Waals surface area contributed by atoms with Gasteiger partial charge in [-0.1, -0.05) is 12.1 Å². The summed E-state index contributed by atoms with van der Waals surface area (Å²) < 4.78 is 23.7. The van der Waals surface area contributed by atoms with E-state index in [9.17, 15) is 0 Å². The van der Waals surface area contributed by atoms with Crippen LogP contribution in [-0.2, 0) is 6.67 Å². The predicted octanol–water partition coefficient (Wildman–Crippen LogP) is 3.72. The Morgan fingerprint density at radius 1 is 1.15 bits per heavy atom. The van der Waals surface area contributed by atoms with Crippen LogP contribution in [0, 0.1) is 4.84 Å². The van der Waals surface area contributed by atoms with Crippen molar-refractivity contribution in [3.8, 4) is 28.7 Å². The maximum Gasteiger partial charge on any atom is 0.289 e. The molecule has 0 saturated heterocycles. The van der Waals surface area contributed by atoms with Crippen molar-refractivity contribution in [1.29, 1.82) is 0 Å². The van der Waals surface area contributed by atoms with Crippen molar-refractivity contribution in [1.82, 2.24) is 9.78 Å². The van der Waals surface area contributed by atoms with E-state index in [1.54, 1.807) is 11.8 Å². The zero-order valence-corrected chi connectivity index (χ0v) is 14.9. The third-order valence-electron chi connectivity index (χ3n) is 3.92. The Balaban J connectivity index is 1.55. The van der Waals surface area contributed by atoms with Crippen LogP contribution in [0.2, 0.25) is 0 Å². The van der Waals surface area contributed by atoms with Crippen molar-refractivity contribution in [3.05, 3.63) is 47.3 Å². The van der Waals surface area contributed by atoms with Gasteiger partial charge in [0.25, 0.3) is 4.84 Å². The van der Waals surface area contributed by atoms with Gasteiger partial charge < -0.3 is 23.9 Å². The van der Waals surface area contributed by atoms with Gasteiger partial charge in [0.15, 0.2) is 11.5 Å². The van der Waals surface area contributed by atoms with Gasteiger partial charge in [-0.2, -0.15) is 0 Å². The molecule has 1 N–H and O–H groups in total. The summed E-state index contributed by atoms with van der Waals surface area (Å²) in [6.45, 7) is 1.43. The summed E-state index contributed by atoms with van der Waals surface area (Å²) >= 11 is 5.28. The lowest BCUT2D eigenvalue weighted by atomic mass is 10.2. The Morgan fingerprint density at radius 3 is 2.81 bits per heavy atom. The number of ether oxygens (including phenoxy) is 3. The van der Waals surface area contributed by atoms with E-state index in [4.69, 9.17) is 30.8 Å². The summed E-state index contributed by atoms with van der Waals surface area (Å²) in [5.41, 5.74) is 1.62. The molecule has 0 fully saturated rings. The summed E-state index contributed by atoms with van der Waals surface area (Å²) in [6, 6.07) is 13.2. The zero-order valence-electron chi connectivity index (χ0n) is 14.1. The van der Waals surface area contributed by atoms with E-state index in [2.05, 4.69) is 10.4 Å². The molecular weight excluding hydrogens is 354 g/mol. The zero-order chi connectivity index (χ0) is 17.9. The Kier molecular flexibility index (Phi) is 4.49. The molecule has 0 radical (unpaired) electrons. The first-order valence-electron chi connectivity index (χ1n) is 8.09. The van der Waals surface area contributed by atoms with Crippen LogP contribution in [0.4, 0.5) is 5.69 Å². The van der Waals surface area contributed by atoms with Crippen LogP contribution >= 0.6 is 12.2 Å². The minimum absolute atomic E-state index is 0.275. The minimum atomic E-state index is 0.275. The van der Waals surface area contributed by atoms with Crippen molar-refractivity contribution in [2.24, 2.45) is 0 Å². The molecule has 0 atom stereocenters. The summed E-state index contributed by atoms with van der Waals surface area (Å²) in [5, 5.41) is 7.69. The Morgan fingerprint density at radius 2 is 1.96 bits per heavy atom. The van der Waals surface area contributed by atoms with Gasteiger partial charge in [-0.15, -0.1) is 5.10 Å². The molecule has 26 heavy (non-hydrogen) atoms. The second-order valence-corrected chi connectivity index (χ2v) is 5.92. The Bertz CT molecular complexity index is 983. The molecule has 134 valence electrons. The average Bonchev–Trinajstić information content (AvgIpc) is 3.07. The standard InChI is InChI=1S/C18H17N3O4S/c1-22-14-5-3-2-4-13(14)19-11-21-18(26)25-17(20-21)12-6-7-15-16(10-12)24-9-8-23-15/h2-7,10,19H,8-9,11H2,1H3. The van der Waals surface area contributed by atoms with Crippen LogP contribution < -0.4 is 19.5 Å². The number of anilines is 1. The predicted molar refractivity (Wildman–Crippen MR) is 98.4 cm³/mol. The summed E-state index contributed by atoms with van der Waals surface area (Å²) in [7, 11) is 1.63. The second kappa shape index (κ2) is 7.09. The van der Waals surface area contributed by atoms with Gasteiger partial charge in [0.1, 0.15) is 25.6 Å². The number of benzene rings is 2. The van der Waals surface area contributed by atoms with Crippen LogP contribution in [-0.4, -0.2) is 30.1 Å². The highest BCUT2D eigenvalue weighted by molar-refractivity contribution is 7.71. The minimum Gasteiger partial charge on any atom is -0.495 e. The lowest BCUT2D eigenvalue weighted by Gasteiger charge is -2.18. The highest BCUT2D eigenvalue weighted by Gasteiger charge is 2.15. The molecule has 0 bridgehead atoms. The monoisotopic (exact) mass is 371 g/mol. The van der Waals surface area contributed by atoms with Crippen molar-refractivity contribution in [2.45, 2.75) is 6.67 Å². The lowest BCUT2D eigenvalue weighted by Crippen LogP contribution is -2.15. The van der Waals surface area contributed by atoms with E-state index in [1.165, 1.54) is 0 Å². The van der Waals surface area contributed by atoms with Gasteiger partial charge >= 0.3 is 0 Å². The number of nitrogens with one attached hydrogen (secondary N) is 1.